The van der Waals surface area contributed by atoms with Crippen LogP contribution >= 0.6 is 0 Å². The van der Waals surface area contributed by atoms with Gasteiger partial charge in [-0.3, -0.25) is 9.78 Å². The Balaban J connectivity index is 1.85. The Morgan fingerprint density at radius 1 is 1.20 bits per heavy atom. The Morgan fingerprint density at radius 2 is 1.97 bits per heavy atom. The highest BCUT2D eigenvalue weighted by molar-refractivity contribution is 5.82. The molecule has 0 bridgehead atoms. The lowest BCUT2D eigenvalue weighted by Crippen LogP contribution is -2.48. The third kappa shape index (κ3) is 5.27. The van der Waals surface area contributed by atoms with E-state index in [1.54, 1.807) is 0 Å². The van der Waals surface area contributed by atoms with Crippen molar-refractivity contribution in [2.75, 3.05) is 32.7 Å². The standard InChI is InChI=1S/C21H31N5O4/c1-4-7-9-15-14-17(27)29-20-18(15)19(28)22-21(23-20)30-24-16(8-5-2)26-12-10-25(6-3)11-13-26/h14H,4-13H2,1-3H3,(H,22,23,28). The fourth-order valence-electron chi connectivity index (χ4n) is 3.64. The van der Waals surface area contributed by atoms with Crippen LogP contribution in [0, 0.1) is 0 Å². The molecular formula is C21H31N5O4. The Morgan fingerprint density at radius 3 is 2.63 bits per heavy atom. The molecule has 0 radical (unpaired) electrons. The molecule has 30 heavy (non-hydrogen) atoms. The fourth-order valence-corrected chi connectivity index (χ4v) is 3.64. The number of piperazine rings is 1. The number of unbranched alkanes of at least 4 members (excludes halogenated alkanes) is 1. The van der Waals surface area contributed by atoms with E-state index in [1.165, 1.54) is 6.07 Å². The lowest BCUT2D eigenvalue weighted by Gasteiger charge is -2.35. The highest BCUT2D eigenvalue weighted by Gasteiger charge is 2.19. The number of H-pyrrole nitrogens is 1. The molecule has 0 aliphatic carbocycles. The van der Waals surface area contributed by atoms with Crippen LogP contribution in [0.2, 0.25) is 0 Å². The van der Waals surface area contributed by atoms with Gasteiger partial charge in [0.05, 0.1) is 0 Å². The van der Waals surface area contributed by atoms with Gasteiger partial charge in [0, 0.05) is 38.7 Å². The average Bonchev–Trinajstić information content (AvgIpc) is 2.74. The van der Waals surface area contributed by atoms with E-state index in [0.29, 0.717) is 17.4 Å². The highest BCUT2D eigenvalue weighted by Crippen LogP contribution is 2.16. The normalized spacial score (nSPS) is 15.7. The smallest absolute Gasteiger partial charge is 0.337 e. The quantitative estimate of drug-likeness (QED) is 0.399. The first-order valence-electron chi connectivity index (χ1n) is 10.8. The van der Waals surface area contributed by atoms with Crippen molar-refractivity contribution in [3.8, 4) is 6.01 Å². The molecule has 2 aromatic rings. The predicted molar refractivity (Wildman–Crippen MR) is 116 cm³/mol. The van der Waals surface area contributed by atoms with E-state index in [2.05, 4.69) is 45.7 Å². The number of aryl methyl sites for hydroxylation is 1. The van der Waals surface area contributed by atoms with Crippen LogP contribution < -0.4 is 16.0 Å². The van der Waals surface area contributed by atoms with Gasteiger partial charge in [-0.05, 0) is 31.4 Å². The molecule has 9 heteroatoms. The van der Waals surface area contributed by atoms with Gasteiger partial charge >= 0.3 is 11.6 Å². The van der Waals surface area contributed by atoms with Gasteiger partial charge in [-0.1, -0.05) is 32.3 Å². The van der Waals surface area contributed by atoms with Gasteiger partial charge in [-0.2, -0.15) is 4.98 Å². The summed E-state index contributed by atoms with van der Waals surface area (Å²) in [6, 6.07) is 1.28. The molecule has 0 saturated carbocycles. The van der Waals surface area contributed by atoms with Crippen LogP contribution in [0.25, 0.3) is 11.1 Å². The first-order valence-corrected chi connectivity index (χ1v) is 10.8. The van der Waals surface area contributed by atoms with Crippen molar-refractivity contribution >= 4 is 16.9 Å². The van der Waals surface area contributed by atoms with Crippen molar-refractivity contribution in [2.45, 2.75) is 52.9 Å². The maximum Gasteiger partial charge on any atom is 0.337 e. The van der Waals surface area contributed by atoms with Crippen LogP contribution in [0.3, 0.4) is 0 Å². The van der Waals surface area contributed by atoms with E-state index in [0.717, 1.165) is 64.2 Å². The third-order valence-corrected chi connectivity index (χ3v) is 5.37. The summed E-state index contributed by atoms with van der Waals surface area (Å²) >= 11 is 0. The van der Waals surface area contributed by atoms with E-state index < -0.39 is 11.2 Å². The summed E-state index contributed by atoms with van der Waals surface area (Å²) in [5.41, 5.74) is -0.293. The van der Waals surface area contributed by atoms with E-state index in [-0.39, 0.29) is 11.7 Å². The fraction of sp³-hybridized carbons (Fsp3) is 0.619. The second kappa shape index (κ2) is 10.4. The van der Waals surface area contributed by atoms with Gasteiger partial charge in [-0.25, -0.2) is 4.79 Å². The average molecular weight is 418 g/mol. The summed E-state index contributed by atoms with van der Waals surface area (Å²) in [7, 11) is 0. The van der Waals surface area contributed by atoms with Gasteiger partial charge in [0.15, 0.2) is 0 Å². The van der Waals surface area contributed by atoms with Crippen LogP contribution in [0.15, 0.2) is 25.2 Å². The van der Waals surface area contributed by atoms with Gasteiger partial charge in [0.1, 0.15) is 11.2 Å². The summed E-state index contributed by atoms with van der Waals surface area (Å²) in [6.07, 6.45) is 4.13. The lowest BCUT2D eigenvalue weighted by atomic mass is 10.1. The molecule has 3 heterocycles. The number of aromatic amines is 1. The topological polar surface area (TPSA) is 104 Å². The number of likely N-dealkylation sites (N-methyl/N-ethyl adjacent to an activating group) is 1. The predicted octanol–water partition coefficient (Wildman–Crippen LogP) is 2.35. The largest absolute Gasteiger partial charge is 0.403 e. The molecule has 1 N–H and O–H groups in total. The zero-order valence-electron chi connectivity index (χ0n) is 18.1. The van der Waals surface area contributed by atoms with Crippen LogP contribution in [-0.4, -0.2) is 58.3 Å². The Kier molecular flexibility index (Phi) is 7.62. The molecule has 164 valence electrons. The molecular weight excluding hydrogens is 386 g/mol. The molecule has 3 rings (SSSR count). The van der Waals surface area contributed by atoms with Crippen LogP contribution in [0.1, 0.15) is 52.0 Å². The van der Waals surface area contributed by atoms with Crippen LogP contribution in [0.4, 0.5) is 0 Å². The molecule has 9 nitrogen and oxygen atoms in total. The minimum atomic E-state index is -0.526. The minimum absolute atomic E-state index is 0.0174. The number of hydrogen-bond acceptors (Lipinski definition) is 7. The SMILES string of the molecule is CCCCc1cc(=O)oc2nc(ON=C(CCC)N3CCN(CC)CC3)[nH]c(=O)c12. The number of oxime groups is 1. The Bertz CT molecular complexity index is 989. The first kappa shape index (κ1) is 22.0. The van der Waals surface area contributed by atoms with Crippen LogP contribution in [-0.2, 0) is 6.42 Å². The van der Waals surface area contributed by atoms with Crippen molar-refractivity contribution in [1.82, 2.24) is 19.8 Å². The van der Waals surface area contributed by atoms with Crippen molar-refractivity contribution < 1.29 is 9.25 Å². The molecule has 1 aliphatic rings. The summed E-state index contributed by atoms with van der Waals surface area (Å²) < 4.78 is 5.17. The van der Waals surface area contributed by atoms with Crippen molar-refractivity contribution in [3.05, 3.63) is 32.4 Å². The summed E-state index contributed by atoms with van der Waals surface area (Å²) in [6.45, 7) is 11.1. The second-order valence-corrected chi connectivity index (χ2v) is 7.52. The lowest BCUT2D eigenvalue weighted by molar-refractivity contribution is 0.182. The zero-order chi connectivity index (χ0) is 21.5. The molecule has 1 fully saturated rings. The monoisotopic (exact) mass is 417 g/mol. The molecule has 1 aliphatic heterocycles. The summed E-state index contributed by atoms with van der Waals surface area (Å²) in [5, 5.41) is 4.57. The van der Waals surface area contributed by atoms with E-state index >= 15 is 0 Å². The number of nitrogens with one attached hydrogen (secondary N) is 1. The number of fused-ring (bicyclic) bond motifs is 1. The van der Waals surface area contributed by atoms with Gasteiger partial charge < -0.3 is 19.1 Å². The maximum atomic E-state index is 12.6. The van der Waals surface area contributed by atoms with Crippen molar-refractivity contribution in [3.63, 3.8) is 0 Å². The second-order valence-electron chi connectivity index (χ2n) is 7.52. The first-order chi connectivity index (χ1) is 14.5. The van der Waals surface area contributed by atoms with Gasteiger partial charge in [-0.15, -0.1) is 0 Å². The summed E-state index contributed by atoms with van der Waals surface area (Å²) in [5.74, 6) is 0.828. The van der Waals surface area contributed by atoms with Gasteiger partial charge in [0.25, 0.3) is 5.56 Å². The number of hydrogen-bond donors (Lipinski definition) is 1. The Hall–Kier alpha value is -2.68. The van der Waals surface area contributed by atoms with E-state index in [1.807, 2.05) is 0 Å². The van der Waals surface area contributed by atoms with Crippen molar-refractivity contribution in [1.29, 1.82) is 0 Å². The third-order valence-electron chi connectivity index (χ3n) is 5.37. The molecule has 0 atom stereocenters. The molecule has 0 spiro atoms. The summed E-state index contributed by atoms with van der Waals surface area (Å²) in [4.78, 5) is 41.4. The number of amidine groups is 1. The maximum absolute atomic E-state index is 12.6. The van der Waals surface area contributed by atoms with E-state index in [4.69, 9.17) is 9.25 Å². The zero-order valence-corrected chi connectivity index (χ0v) is 18.1. The van der Waals surface area contributed by atoms with E-state index in [9.17, 15) is 9.59 Å². The molecule has 0 aromatic carbocycles. The highest BCUT2D eigenvalue weighted by atomic mass is 16.6. The molecule has 2 aromatic heterocycles. The molecule has 0 amide bonds. The van der Waals surface area contributed by atoms with Gasteiger partial charge in [0.2, 0.25) is 5.71 Å². The minimum Gasteiger partial charge on any atom is -0.403 e. The van der Waals surface area contributed by atoms with Crippen molar-refractivity contribution in [2.24, 2.45) is 5.16 Å². The number of aromatic nitrogens is 2. The molecule has 0 unspecified atom stereocenters. The van der Waals surface area contributed by atoms with Crippen LogP contribution in [0.5, 0.6) is 6.01 Å². The number of nitrogens with zero attached hydrogens (tertiary/aromatic N) is 4. The number of rotatable bonds is 8. The molecule has 1 saturated heterocycles. The Labute approximate surface area is 175 Å².